The Morgan fingerprint density at radius 2 is 2.00 bits per heavy atom. The van der Waals surface area contributed by atoms with Crippen LogP contribution >= 0.6 is 0 Å². The molecule has 1 aromatic rings. The van der Waals surface area contributed by atoms with Gasteiger partial charge in [-0.1, -0.05) is 44.9 Å². The van der Waals surface area contributed by atoms with E-state index in [1.54, 1.807) is 7.11 Å². The molecule has 0 fully saturated rings. The summed E-state index contributed by atoms with van der Waals surface area (Å²) in [5.41, 5.74) is 1.09. The van der Waals surface area contributed by atoms with E-state index in [0.29, 0.717) is 12.3 Å². The number of para-hydroxylation sites is 1. The van der Waals surface area contributed by atoms with Crippen LogP contribution in [0.3, 0.4) is 0 Å². The molecule has 0 radical (unpaired) electrons. The van der Waals surface area contributed by atoms with Crippen molar-refractivity contribution in [3.8, 4) is 5.75 Å². The second-order valence-corrected chi connectivity index (χ2v) is 4.70. The van der Waals surface area contributed by atoms with E-state index in [9.17, 15) is 5.11 Å². The Kier molecular flexibility index (Phi) is 6.06. The first kappa shape index (κ1) is 14.0. The molecule has 17 heavy (non-hydrogen) atoms. The molecule has 0 aliphatic heterocycles. The topological polar surface area (TPSA) is 29.5 Å². The van der Waals surface area contributed by atoms with Crippen LogP contribution in [0.1, 0.15) is 38.7 Å². The summed E-state index contributed by atoms with van der Waals surface area (Å²) in [6.07, 6.45) is 3.86. The van der Waals surface area contributed by atoms with E-state index < -0.39 is 0 Å². The number of hydrogen-bond donors (Lipinski definition) is 1. The van der Waals surface area contributed by atoms with E-state index in [1.807, 2.05) is 24.3 Å². The number of rotatable bonds is 7. The quantitative estimate of drug-likeness (QED) is 0.786. The van der Waals surface area contributed by atoms with E-state index in [2.05, 4.69) is 13.8 Å². The second kappa shape index (κ2) is 7.33. The van der Waals surface area contributed by atoms with Gasteiger partial charge in [-0.25, -0.2) is 0 Å². The Balaban J connectivity index is 2.57. The van der Waals surface area contributed by atoms with E-state index in [0.717, 1.165) is 17.7 Å². The van der Waals surface area contributed by atoms with Crippen LogP contribution in [0.25, 0.3) is 0 Å². The van der Waals surface area contributed by atoms with Gasteiger partial charge in [0, 0.05) is 6.42 Å². The third-order valence-electron chi connectivity index (χ3n) is 3.29. The summed E-state index contributed by atoms with van der Waals surface area (Å²) in [6, 6.07) is 7.91. The number of aliphatic hydroxyl groups is 1. The monoisotopic (exact) mass is 236 g/mol. The molecule has 2 atom stereocenters. The van der Waals surface area contributed by atoms with Crippen molar-refractivity contribution in [2.24, 2.45) is 5.92 Å². The molecule has 0 saturated heterocycles. The summed E-state index contributed by atoms with van der Waals surface area (Å²) in [4.78, 5) is 0. The van der Waals surface area contributed by atoms with Crippen molar-refractivity contribution in [2.45, 2.75) is 45.6 Å². The molecule has 2 heteroatoms. The maximum Gasteiger partial charge on any atom is 0.122 e. The molecule has 0 aromatic heterocycles. The summed E-state index contributed by atoms with van der Waals surface area (Å²) in [6.45, 7) is 4.30. The van der Waals surface area contributed by atoms with Crippen LogP contribution < -0.4 is 4.74 Å². The van der Waals surface area contributed by atoms with Gasteiger partial charge in [-0.2, -0.15) is 0 Å². The van der Waals surface area contributed by atoms with Crippen molar-refractivity contribution in [3.63, 3.8) is 0 Å². The Morgan fingerprint density at radius 3 is 2.65 bits per heavy atom. The lowest BCUT2D eigenvalue weighted by Gasteiger charge is -2.19. The van der Waals surface area contributed by atoms with Crippen LogP contribution in [-0.4, -0.2) is 18.3 Å². The predicted molar refractivity (Wildman–Crippen MR) is 71.4 cm³/mol. The maximum atomic E-state index is 10.2. The molecule has 0 aliphatic rings. The summed E-state index contributed by atoms with van der Waals surface area (Å²) in [5.74, 6) is 1.22. The largest absolute Gasteiger partial charge is 0.496 e. The van der Waals surface area contributed by atoms with Crippen LogP contribution in [0, 0.1) is 5.92 Å². The zero-order valence-electron chi connectivity index (χ0n) is 11.1. The molecule has 0 amide bonds. The molecule has 0 spiro atoms. The van der Waals surface area contributed by atoms with Gasteiger partial charge in [0.15, 0.2) is 0 Å². The number of methoxy groups -OCH3 is 1. The van der Waals surface area contributed by atoms with Gasteiger partial charge in [-0.3, -0.25) is 0 Å². The van der Waals surface area contributed by atoms with Gasteiger partial charge in [-0.15, -0.1) is 0 Å². The average Bonchev–Trinajstić information content (AvgIpc) is 2.36. The number of unbranched alkanes of at least 4 members (excludes halogenated alkanes) is 1. The molecule has 2 unspecified atom stereocenters. The summed E-state index contributed by atoms with van der Waals surface area (Å²) in [5, 5.41) is 10.2. The molecule has 1 aromatic carbocycles. The highest BCUT2D eigenvalue weighted by Crippen LogP contribution is 2.22. The molecular weight excluding hydrogens is 212 g/mol. The summed E-state index contributed by atoms with van der Waals surface area (Å²) in [7, 11) is 1.67. The SMILES string of the molecule is CCCCC(C)C(O)Cc1ccccc1OC. The van der Waals surface area contributed by atoms with Crippen LogP contribution in [0.2, 0.25) is 0 Å². The maximum absolute atomic E-state index is 10.2. The molecule has 0 bridgehead atoms. The van der Waals surface area contributed by atoms with E-state index >= 15 is 0 Å². The molecule has 2 nitrogen and oxygen atoms in total. The van der Waals surface area contributed by atoms with Crippen molar-refractivity contribution in [1.82, 2.24) is 0 Å². The third-order valence-corrected chi connectivity index (χ3v) is 3.29. The molecule has 0 aliphatic carbocycles. The molecule has 0 saturated carbocycles. The summed E-state index contributed by atoms with van der Waals surface area (Å²) < 4.78 is 5.30. The first-order chi connectivity index (χ1) is 8.19. The highest BCUT2D eigenvalue weighted by molar-refractivity contribution is 5.33. The van der Waals surface area contributed by atoms with Crippen molar-refractivity contribution in [3.05, 3.63) is 29.8 Å². The standard InChI is InChI=1S/C15H24O2/c1-4-5-8-12(2)14(16)11-13-9-6-7-10-15(13)17-3/h6-7,9-10,12,14,16H,4-5,8,11H2,1-3H3. The lowest BCUT2D eigenvalue weighted by Crippen LogP contribution is -2.20. The highest BCUT2D eigenvalue weighted by Gasteiger charge is 2.16. The number of benzene rings is 1. The number of aliphatic hydroxyl groups excluding tert-OH is 1. The molecular formula is C15H24O2. The first-order valence-corrected chi connectivity index (χ1v) is 6.49. The van der Waals surface area contributed by atoms with Crippen LogP contribution in [0.4, 0.5) is 0 Å². The highest BCUT2D eigenvalue weighted by atomic mass is 16.5. The Bertz CT molecular complexity index is 322. The van der Waals surface area contributed by atoms with Gasteiger partial charge in [0.25, 0.3) is 0 Å². The fourth-order valence-corrected chi connectivity index (χ4v) is 2.02. The van der Waals surface area contributed by atoms with Gasteiger partial charge in [0.1, 0.15) is 5.75 Å². The Morgan fingerprint density at radius 1 is 1.29 bits per heavy atom. The van der Waals surface area contributed by atoms with Crippen LogP contribution in [0.15, 0.2) is 24.3 Å². The minimum absolute atomic E-state index is 0.280. The van der Waals surface area contributed by atoms with E-state index in [1.165, 1.54) is 12.8 Å². The van der Waals surface area contributed by atoms with Gasteiger partial charge < -0.3 is 9.84 Å². The molecule has 1 N–H and O–H groups in total. The third kappa shape index (κ3) is 4.39. The van der Waals surface area contributed by atoms with Crippen molar-refractivity contribution >= 4 is 0 Å². The van der Waals surface area contributed by atoms with Crippen molar-refractivity contribution < 1.29 is 9.84 Å². The lowest BCUT2D eigenvalue weighted by molar-refractivity contribution is 0.110. The fraction of sp³-hybridized carbons (Fsp3) is 0.600. The Labute approximate surface area is 105 Å². The number of ether oxygens (including phenoxy) is 1. The summed E-state index contributed by atoms with van der Waals surface area (Å²) >= 11 is 0. The normalized spacial score (nSPS) is 14.4. The van der Waals surface area contributed by atoms with Gasteiger partial charge >= 0.3 is 0 Å². The van der Waals surface area contributed by atoms with E-state index in [-0.39, 0.29) is 6.10 Å². The minimum atomic E-state index is -0.280. The first-order valence-electron chi connectivity index (χ1n) is 6.49. The van der Waals surface area contributed by atoms with Gasteiger partial charge in [-0.05, 0) is 24.0 Å². The Hall–Kier alpha value is -1.02. The molecule has 1 rings (SSSR count). The number of hydrogen-bond acceptors (Lipinski definition) is 2. The lowest BCUT2D eigenvalue weighted by atomic mass is 9.93. The molecule has 96 valence electrons. The van der Waals surface area contributed by atoms with Crippen LogP contribution in [0.5, 0.6) is 5.75 Å². The minimum Gasteiger partial charge on any atom is -0.496 e. The molecule has 0 heterocycles. The van der Waals surface area contributed by atoms with Crippen molar-refractivity contribution in [2.75, 3.05) is 7.11 Å². The van der Waals surface area contributed by atoms with Gasteiger partial charge in [0.2, 0.25) is 0 Å². The zero-order valence-corrected chi connectivity index (χ0v) is 11.1. The second-order valence-electron chi connectivity index (χ2n) is 4.70. The average molecular weight is 236 g/mol. The van der Waals surface area contributed by atoms with Crippen molar-refractivity contribution in [1.29, 1.82) is 0 Å². The van der Waals surface area contributed by atoms with Crippen LogP contribution in [-0.2, 0) is 6.42 Å². The van der Waals surface area contributed by atoms with E-state index in [4.69, 9.17) is 4.74 Å². The predicted octanol–water partition coefficient (Wildman–Crippen LogP) is 3.42. The zero-order chi connectivity index (χ0) is 12.7. The smallest absolute Gasteiger partial charge is 0.122 e. The van der Waals surface area contributed by atoms with Gasteiger partial charge in [0.05, 0.1) is 13.2 Å². The fourth-order valence-electron chi connectivity index (χ4n) is 2.02.